The first-order valence-electron chi connectivity index (χ1n) is 9.79. The van der Waals surface area contributed by atoms with E-state index >= 15 is 0 Å². The Morgan fingerprint density at radius 3 is 2.50 bits per heavy atom. The smallest absolute Gasteiger partial charge is 0.213 e. The quantitative estimate of drug-likeness (QED) is 0.489. The van der Waals surface area contributed by atoms with E-state index in [0.29, 0.717) is 24.7 Å². The molecular formula is C19H31ClN4O3S. The number of nitrogens with zero attached hydrogens (tertiary/aromatic N) is 2. The topological polar surface area (TPSA) is 83.0 Å². The van der Waals surface area contributed by atoms with Crippen molar-refractivity contribution in [3.63, 3.8) is 0 Å². The number of hydrogen-bond acceptors (Lipinski definition) is 4. The molecule has 0 aliphatic carbocycles. The van der Waals surface area contributed by atoms with Crippen LogP contribution in [-0.4, -0.2) is 62.8 Å². The van der Waals surface area contributed by atoms with E-state index in [9.17, 15) is 8.42 Å². The Labute approximate surface area is 173 Å². The highest BCUT2D eigenvalue weighted by Crippen LogP contribution is 2.17. The van der Waals surface area contributed by atoms with Gasteiger partial charge in [0.25, 0.3) is 0 Å². The molecule has 1 aliphatic rings. The van der Waals surface area contributed by atoms with Gasteiger partial charge in [-0.05, 0) is 57.9 Å². The van der Waals surface area contributed by atoms with Gasteiger partial charge < -0.3 is 15.4 Å². The SMILES string of the molecule is CCNC(=NCC(C)Oc1ccc(Cl)cc1)NC1CCN(S(=O)(=O)CC)CC1. The maximum atomic E-state index is 12.0. The van der Waals surface area contributed by atoms with Gasteiger partial charge in [-0.25, -0.2) is 17.7 Å². The fourth-order valence-electron chi connectivity index (χ4n) is 2.98. The summed E-state index contributed by atoms with van der Waals surface area (Å²) >= 11 is 5.89. The third kappa shape index (κ3) is 7.14. The summed E-state index contributed by atoms with van der Waals surface area (Å²) in [5, 5.41) is 7.34. The van der Waals surface area contributed by atoms with E-state index in [1.807, 2.05) is 26.0 Å². The van der Waals surface area contributed by atoms with Crippen molar-refractivity contribution >= 4 is 27.6 Å². The number of halogens is 1. The lowest BCUT2D eigenvalue weighted by Crippen LogP contribution is -2.50. The van der Waals surface area contributed by atoms with Crippen LogP contribution >= 0.6 is 11.6 Å². The summed E-state index contributed by atoms with van der Waals surface area (Å²) in [6, 6.07) is 7.47. The molecule has 1 aromatic rings. The molecule has 0 bridgehead atoms. The normalized spacial score (nSPS) is 17.9. The van der Waals surface area contributed by atoms with Gasteiger partial charge in [0.2, 0.25) is 10.0 Å². The predicted octanol–water partition coefficient (Wildman–Crippen LogP) is 2.48. The largest absolute Gasteiger partial charge is 0.489 e. The number of sulfonamides is 1. The lowest BCUT2D eigenvalue weighted by molar-refractivity contribution is 0.230. The minimum Gasteiger partial charge on any atom is -0.489 e. The van der Waals surface area contributed by atoms with Crippen molar-refractivity contribution in [2.75, 3.05) is 31.9 Å². The molecule has 1 fully saturated rings. The van der Waals surface area contributed by atoms with Gasteiger partial charge in [0.1, 0.15) is 11.9 Å². The van der Waals surface area contributed by atoms with Gasteiger partial charge in [-0.2, -0.15) is 0 Å². The molecule has 0 saturated carbocycles. The van der Waals surface area contributed by atoms with Crippen LogP contribution in [0.4, 0.5) is 0 Å². The molecule has 28 heavy (non-hydrogen) atoms. The van der Waals surface area contributed by atoms with Crippen molar-refractivity contribution in [2.45, 2.75) is 45.8 Å². The number of piperidine rings is 1. The first kappa shape index (κ1) is 22.8. The Balaban J connectivity index is 1.85. The zero-order chi connectivity index (χ0) is 20.6. The first-order chi connectivity index (χ1) is 13.3. The molecule has 1 saturated heterocycles. The van der Waals surface area contributed by atoms with Crippen molar-refractivity contribution in [2.24, 2.45) is 4.99 Å². The molecule has 7 nitrogen and oxygen atoms in total. The van der Waals surface area contributed by atoms with Gasteiger partial charge >= 0.3 is 0 Å². The number of guanidine groups is 1. The fraction of sp³-hybridized carbons (Fsp3) is 0.632. The van der Waals surface area contributed by atoms with Gasteiger partial charge in [0, 0.05) is 30.7 Å². The molecule has 0 amide bonds. The number of rotatable bonds is 8. The van der Waals surface area contributed by atoms with Crippen LogP contribution in [-0.2, 0) is 10.0 Å². The maximum absolute atomic E-state index is 12.0. The highest BCUT2D eigenvalue weighted by molar-refractivity contribution is 7.89. The second-order valence-electron chi connectivity index (χ2n) is 6.82. The van der Waals surface area contributed by atoms with Crippen molar-refractivity contribution in [3.8, 4) is 5.75 Å². The second-order valence-corrected chi connectivity index (χ2v) is 9.51. The highest BCUT2D eigenvalue weighted by Gasteiger charge is 2.27. The van der Waals surface area contributed by atoms with Gasteiger partial charge in [0.15, 0.2) is 5.96 Å². The highest BCUT2D eigenvalue weighted by atomic mass is 35.5. The average molecular weight is 431 g/mol. The van der Waals surface area contributed by atoms with Crippen LogP contribution in [0.3, 0.4) is 0 Å². The van der Waals surface area contributed by atoms with Gasteiger partial charge in [-0.1, -0.05) is 11.6 Å². The molecule has 9 heteroatoms. The van der Waals surface area contributed by atoms with Crippen LogP contribution in [0.2, 0.25) is 5.02 Å². The van der Waals surface area contributed by atoms with Crippen molar-refractivity contribution in [3.05, 3.63) is 29.3 Å². The zero-order valence-electron chi connectivity index (χ0n) is 16.8. The Bertz CT molecular complexity index is 732. The molecule has 0 radical (unpaired) electrons. The van der Waals surface area contributed by atoms with Gasteiger partial charge in [0.05, 0.1) is 12.3 Å². The number of benzene rings is 1. The Morgan fingerprint density at radius 1 is 1.29 bits per heavy atom. The summed E-state index contributed by atoms with van der Waals surface area (Å²) in [5.41, 5.74) is 0. The van der Waals surface area contributed by atoms with Crippen LogP contribution in [0.1, 0.15) is 33.6 Å². The van der Waals surface area contributed by atoms with E-state index in [1.165, 1.54) is 0 Å². The Morgan fingerprint density at radius 2 is 1.93 bits per heavy atom. The molecule has 0 aromatic heterocycles. The van der Waals surface area contributed by atoms with Crippen LogP contribution < -0.4 is 15.4 Å². The van der Waals surface area contributed by atoms with Crippen molar-refractivity contribution < 1.29 is 13.2 Å². The third-order valence-corrected chi connectivity index (χ3v) is 6.69. The summed E-state index contributed by atoms with van der Waals surface area (Å²) in [5.74, 6) is 1.64. The molecule has 2 rings (SSSR count). The third-order valence-electron chi connectivity index (χ3n) is 4.55. The van der Waals surface area contributed by atoms with E-state index in [4.69, 9.17) is 16.3 Å². The molecule has 1 aromatic carbocycles. The summed E-state index contributed by atoms with van der Waals surface area (Å²) in [7, 11) is -3.10. The molecule has 0 spiro atoms. The molecule has 2 N–H and O–H groups in total. The zero-order valence-corrected chi connectivity index (χ0v) is 18.4. The van der Waals surface area contributed by atoms with E-state index in [2.05, 4.69) is 15.6 Å². The molecule has 1 unspecified atom stereocenters. The standard InChI is InChI=1S/C19H31ClN4O3S/c1-4-21-19(22-14-15(3)27-18-8-6-16(20)7-9-18)23-17-10-12-24(13-11-17)28(25,26)5-2/h6-9,15,17H,4-5,10-14H2,1-3H3,(H2,21,22,23). The van der Waals surface area contributed by atoms with Gasteiger partial charge in [-0.15, -0.1) is 0 Å². The van der Waals surface area contributed by atoms with Crippen molar-refractivity contribution in [1.29, 1.82) is 0 Å². The minimum absolute atomic E-state index is 0.0897. The number of ether oxygens (including phenoxy) is 1. The summed E-state index contributed by atoms with van der Waals surface area (Å²) in [6.07, 6.45) is 1.44. The minimum atomic E-state index is -3.10. The monoisotopic (exact) mass is 430 g/mol. The van der Waals surface area contributed by atoms with E-state index < -0.39 is 10.0 Å². The number of hydrogen-bond donors (Lipinski definition) is 2. The lowest BCUT2D eigenvalue weighted by Gasteiger charge is -2.32. The Kier molecular flexibility index (Phi) is 8.85. The summed E-state index contributed by atoms with van der Waals surface area (Å²) in [4.78, 5) is 4.62. The van der Waals surface area contributed by atoms with Crippen LogP contribution in [0.25, 0.3) is 0 Å². The fourth-order valence-corrected chi connectivity index (χ4v) is 4.24. The summed E-state index contributed by atoms with van der Waals surface area (Å²) in [6.45, 7) is 8.01. The van der Waals surface area contributed by atoms with Gasteiger partial charge in [-0.3, -0.25) is 0 Å². The molecule has 158 valence electrons. The maximum Gasteiger partial charge on any atom is 0.213 e. The molecule has 1 aliphatic heterocycles. The summed E-state index contributed by atoms with van der Waals surface area (Å²) < 4.78 is 31.4. The number of aliphatic imine (C=N–C) groups is 1. The predicted molar refractivity (Wildman–Crippen MR) is 115 cm³/mol. The van der Waals surface area contributed by atoms with E-state index in [1.54, 1.807) is 23.4 Å². The first-order valence-corrected chi connectivity index (χ1v) is 11.8. The van der Waals surface area contributed by atoms with Crippen LogP contribution in [0.15, 0.2) is 29.3 Å². The van der Waals surface area contributed by atoms with Crippen molar-refractivity contribution in [1.82, 2.24) is 14.9 Å². The number of nitrogens with one attached hydrogen (secondary N) is 2. The van der Waals surface area contributed by atoms with Crippen LogP contribution in [0.5, 0.6) is 5.75 Å². The molecule has 1 atom stereocenters. The lowest BCUT2D eigenvalue weighted by atomic mass is 10.1. The van der Waals surface area contributed by atoms with Crippen LogP contribution in [0, 0.1) is 0 Å². The molecular weight excluding hydrogens is 400 g/mol. The second kappa shape index (κ2) is 10.9. The van der Waals surface area contributed by atoms with E-state index in [0.717, 1.165) is 31.1 Å². The van der Waals surface area contributed by atoms with E-state index in [-0.39, 0.29) is 17.9 Å². The Hall–Kier alpha value is -1.51. The average Bonchev–Trinajstić information content (AvgIpc) is 2.68. The molecule has 1 heterocycles.